The van der Waals surface area contributed by atoms with Crippen LogP contribution in [0.3, 0.4) is 0 Å². The first-order valence-electron chi connectivity index (χ1n) is 5.11. The first-order valence-corrected chi connectivity index (χ1v) is 5.11. The van der Waals surface area contributed by atoms with Crippen LogP contribution in [-0.4, -0.2) is 81.8 Å². The van der Waals surface area contributed by atoms with Crippen LogP contribution in [0.1, 0.15) is 6.92 Å². The molecule has 0 fully saturated rings. The van der Waals surface area contributed by atoms with Crippen molar-refractivity contribution in [3.05, 3.63) is 0 Å². The van der Waals surface area contributed by atoms with Crippen LogP contribution in [0.25, 0.3) is 0 Å². The molecule has 0 spiro atoms. The van der Waals surface area contributed by atoms with Gasteiger partial charge in [0.05, 0.1) is 25.9 Å². The molecule has 0 heterocycles. The van der Waals surface area contributed by atoms with Crippen molar-refractivity contribution in [1.29, 1.82) is 0 Å². The Balaban J connectivity index is 4.11. The van der Waals surface area contributed by atoms with Gasteiger partial charge in [0.25, 0.3) is 0 Å². The quantitative estimate of drug-likeness (QED) is 0.293. The minimum absolute atomic E-state index is 0.0236. The summed E-state index contributed by atoms with van der Waals surface area (Å²) in [7, 11) is 1.56. The van der Waals surface area contributed by atoms with Crippen LogP contribution in [0.15, 0.2) is 0 Å². The van der Waals surface area contributed by atoms with Crippen LogP contribution in [0.5, 0.6) is 0 Å². The average molecular weight is 239 g/mol. The largest absolute Gasteiger partial charge is 0.394 e. The number of likely N-dealkylation sites (N-methyl/N-ethyl adjacent to an activating group) is 1. The lowest BCUT2D eigenvalue weighted by Gasteiger charge is -2.27. The number of nitrogens with zero attached hydrogens (tertiary/aromatic N) is 1. The minimum Gasteiger partial charge on any atom is -0.394 e. The summed E-state index contributed by atoms with van der Waals surface area (Å²) in [5.74, 6) is 0. The van der Waals surface area contributed by atoms with E-state index in [1.54, 1.807) is 14.0 Å². The zero-order valence-corrected chi connectivity index (χ0v) is 9.52. The Morgan fingerprint density at radius 1 is 1.06 bits per heavy atom. The van der Waals surface area contributed by atoms with E-state index < -0.39 is 31.0 Å². The zero-order chi connectivity index (χ0) is 12.7. The summed E-state index contributed by atoms with van der Waals surface area (Å²) in [6.45, 7) is 1.47. The fourth-order valence-electron chi connectivity index (χ4n) is 1.21. The van der Waals surface area contributed by atoms with Crippen molar-refractivity contribution in [3.63, 3.8) is 0 Å². The minimum atomic E-state index is -1.60. The van der Waals surface area contributed by atoms with Gasteiger partial charge in [-0.25, -0.2) is 0 Å². The van der Waals surface area contributed by atoms with E-state index >= 15 is 0 Å². The molecule has 0 amide bonds. The zero-order valence-electron chi connectivity index (χ0n) is 9.52. The van der Waals surface area contributed by atoms with Gasteiger partial charge in [-0.3, -0.25) is 4.84 Å². The number of rotatable bonds is 8. The third-order valence-electron chi connectivity index (χ3n) is 2.12. The molecule has 0 unspecified atom stereocenters. The molecule has 7 heteroatoms. The molecule has 0 aliphatic rings. The first-order chi connectivity index (χ1) is 7.43. The van der Waals surface area contributed by atoms with Gasteiger partial charge in [0, 0.05) is 7.05 Å². The van der Waals surface area contributed by atoms with Gasteiger partial charge < -0.3 is 25.5 Å². The topological polar surface area (TPSA) is 114 Å². The summed E-state index contributed by atoms with van der Waals surface area (Å²) in [5.41, 5.74) is 0. The van der Waals surface area contributed by atoms with Crippen LogP contribution in [0.4, 0.5) is 0 Å². The van der Waals surface area contributed by atoms with Gasteiger partial charge in [0.15, 0.2) is 0 Å². The highest BCUT2D eigenvalue weighted by molar-refractivity contribution is 4.81. The highest BCUT2D eigenvalue weighted by Crippen LogP contribution is 2.06. The fraction of sp³-hybridized carbons (Fsp3) is 1.00. The van der Waals surface area contributed by atoms with Crippen molar-refractivity contribution < 1.29 is 30.4 Å². The molecule has 0 aromatic rings. The fourth-order valence-corrected chi connectivity index (χ4v) is 1.21. The summed E-state index contributed by atoms with van der Waals surface area (Å²) in [5, 5.41) is 47.2. The molecule has 0 aromatic carbocycles. The maximum atomic E-state index is 9.51. The molecule has 98 valence electrons. The predicted octanol–water partition coefficient (Wildman–Crippen LogP) is -2.69. The van der Waals surface area contributed by atoms with E-state index in [0.717, 1.165) is 0 Å². The summed E-state index contributed by atoms with van der Waals surface area (Å²) in [6.07, 6.45) is -5.92. The lowest BCUT2D eigenvalue weighted by atomic mass is 10.0. The van der Waals surface area contributed by atoms with Crippen molar-refractivity contribution in [2.75, 3.05) is 26.8 Å². The van der Waals surface area contributed by atoms with Gasteiger partial charge in [-0.2, -0.15) is 5.06 Å². The van der Waals surface area contributed by atoms with Gasteiger partial charge in [-0.05, 0) is 6.92 Å². The molecule has 0 aliphatic heterocycles. The molecule has 0 rings (SSSR count). The number of aliphatic hydroxyl groups is 5. The van der Waals surface area contributed by atoms with Crippen molar-refractivity contribution in [3.8, 4) is 0 Å². The van der Waals surface area contributed by atoms with E-state index in [0.29, 0.717) is 6.61 Å². The van der Waals surface area contributed by atoms with Crippen LogP contribution >= 0.6 is 0 Å². The second-order valence-corrected chi connectivity index (χ2v) is 3.53. The standard InChI is InChI=1S/C9H21NO6/c1-3-16-10(2)4-6(12)8(14)9(15)7(13)5-11/h6-9,11-15H,3-5H2,1-2H3/t6-,7+,8+,9+/m0/s1. The van der Waals surface area contributed by atoms with Crippen LogP contribution in [-0.2, 0) is 4.84 Å². The van der Waals surface area contributed by atoms with E-state index in [-0.39, 0.29) is 6.54 Å². The maximum absolute atomic E-state index is 9.51. The molecule has 0 aromatic heterocycles. The third kappa shape index (κ3) is 5.17. The smallest absolute Gasteiger partial charge is 0.111 e. The average Bonchev–Trinajstić information content (AvgIpc) is 2.26. The molecular formula is C9H21NO6. The van der Waals surface area contributed by atoms with Gasteiger partial charge in [0.2, 0.25) is 0 Å². The van der Waals surface area contributed by atoms with Crippen LogP contribution in [0, 0.1) is 0 Å². The lowest BCUT2D eigenvalue weighted by Crippen LogP contribution is -2.49. The van der Waals surface area contributed by atoms with Crippen LogP contribution < -0.4 is 0 Å². The lowest BCUT2D eigenvalue weighted by molar-refractivity contribution is -0.176. The molecule has 0 bridgehead atoms. The van der Waals surface area contributed by atoms with Gasteiger partial charge in [-0.1, -0.05) is 0 Å². The van der Waals surface area contributed by atoms with E-state index in [9.17, 15) is 15.3 Å². The molecule has 4 atom stereocenters. The maximum Gasteiger partial charge on any atom is 0.111 e. The Hall–Kier alpha value is -0.280. The summed E-state index contributed by atoms with van der Waals surface area (Å²) in [4.78, 5) is 5.00. The molecule has 16 heavy (non-hydrogen) atoms. The van der Waals surface area contributed by atoms with E-state index in [2.05, 4.69) is 0 Å². The van der Waals surface area contributed by atoms with E-state index in [1.165, 1.54) is 5.06 Å². The Morgan fingerprint density at radius 2 is 1.56 bits per heavy atom. The Labute approximate surface area is 94.5 Å². The highest BCUT2D eigenvalue weighted by atomic mass is 16.7. The van der Waals surface area contributed by atoms with Crippen molar-refractivity contribution in [2.45, 2.75) is 31.3 Å². The second kappa shape index (κ2) is 7.91. The van der Waals surface area contributed by atoms with Crippen molar-refractivity contribution in [1.82, 2.24) is 5.06 Å². The van der Waals surface area contributed by atoms with Gasteiger partial charge in [0.1, 0.15) is 18.3 Å². The Bertz CT molecular complexity index is 181. The first kappa shape index (κ1) is 15.7. The van der Waals surface area contributed by atoms with Crippen molar-refractivity contribution in [2.24, 2.45) is 0 Å². The predicted molar refractivity (Wildman–Crippen MR) is 55.4 cm³/mol. The summed E-state index contributed by atoms with van der Waals surface area (Å²) in [6, 6.07) is 0. The Morgan fingerprint density at radius 3 is 2.00 bits per heavy atom. The summed E-state index contributed by atoms with van der Waals surface area (Å²) < 4.78 is 0. The van der Waals surface area contributed by atoms with Gasteiger partial charge >= 0.3 is 0 Å². The van der Waals surface area contributed by atoms with Crippen LogP contribution in [0.2, 0.25) is 0 Å². The number of hydroxylamine groups is 2. The highest BCUT2D eigenvalue weighted by Gasteiger charge is 2.30. The second-order valence-electron chi connectivity index (χ2n) is 3.53. The Kier molecular flexibility index (Phi) is 7.77. The molecule has 5 N–H and O–H groups in total. The molecular weight excluding hydrogens is 218 g/mol. The summed E-state index contributed by atoms with van der Waals surface area (Å²) >= 11 is 0. The third-order valence-corrected chi connectivity index (χ3v) is 2.12. The number of hydrogen-bond acceptors (Lipinski definition) is 7. The van der Waals surface area contributed by atoms with Gasteiger partial charge in [-0.15, -0.1) is 0 Å². The van der Waals surface area contributed by atoms with E-state index in [1.807, 2.05) is 0 Å². The monoisotopic (exact) mass is 239 g/mol. The normalized spacial score (nSPS) is 19.5. The molecule has 0 saturated heterocycles. The molecule has 0 radical (unpaired) electrons. The number of hydrogen-bond donors (Lipinski definition) is 5. The molecule has 0 aliphatic carbocycles. The molecule has 0 saturated carbocycles. The number of aliphatic hydroxyl groups excluding tert-OH is 5. The van der Waals surface area contributed by atoms with Crippen molar-refractivity contribution >= 4 is 0 Å². The van der Waals surface area contributed by atoms with E-state index in [4.69, 9.17) is 15.1 Å². The molecule has 7 nitrogen and oxygen atoms in total. The SMILES string of the molecule is CCON(C)C[C@H](O)[C@@H](O)[C@H](O)[C@H](O)CO.